The number of benzene rings is 2. The van der Waals surface area contributed by atoms with Gasteiger partial charge in [0.2, 0.25) is 5.91 Å². The summed E-state index contributed by atoms with van der Waals surface area (Å²) in [5.74, 6) is 0.635. The predicted molar refractivity (Wildman–Crippen MR) is 123 cm³/mol. The Morgan fingerprint density at radius 3 is 2.32 bits per heavy atom. The van der Waals surface area contributed by atoms with Gasteiger partial charge in [0.25, 0.3) is 0 Å². The van der Waals surface area contributed by atoms with Crippen LogP contribution in [0.4, 0.5) is 5.13 Å². The van der Waals surface area contributed by atoms with Gasteiger partial charge in [0.05, 0.1) is 41.0 Å². The molecule has 1 amide bonds. The average Bonchev–Trinajstić information content (AvgIpc) is 3.17. The number of nitrogens with zero attached hydrogens (tertiary/aromatic N) is 1. The maximum Gasteiger partial charge on any atom is 0.233 e. The minimum Gasteiger partial charge on any atom is -0.493 e. The molecule has 166 valence electrons. The van der Waals surface area contributed by atoms with Crippen molar-refractivity contribution >= 4 is 42.4 Å². The molecule has 0 aliphatic heterocycles. The smallest absolute Gasteiger partial charge is 0.233 e. The maximum absolute atomic E-state index is 13.1. The zero-order chi connectivity index (χ0) is 22.6. The fraction of sp³-hybridized carbons (Fsp3) is 0.364. The number of methoxy groups -OCH3 is 2. The van der Waals surface area contributed by atoms with E-state index in [-0.39, 0.29) is 16.6 Å². The number of amides is 1. The fourth-order valence-electron chi connectivity index (χ4n) is 3.31. The number of fused-ring (bicyclic) bond motifs is 1. The summed E-state index contributed by atoms with van der Waals surface area (Å²) in [5, 5.41) is 3.40. The van der Waals surface area contributed by atoms with Crippen molar-refractivity contribution in [3.05, 3.63) is 42.0 Å². The molecule has 2 aromatic carbocycles. The summed E-state index contributed by atoms with van der Waals surface area (Å²) in [6, 6.07) is 10.2. The molecule has 3 aromatic rings. The summed E-state index contributed by atoms with van der Waals surface area (Å²) in [6.07, 6.45) is 1.44. The van der Waals surface area contributed by atoms with Crippen molar-refractivity contribution in [1.29, 1.82) is 0 Å². The second-order valence-electron chi connectivity index (χ2n) is 7.00. The summed E-state index contributed by atoms with van der Waals surface area (Å²) in [7, 11) is -0.148. The summed E-state index contributed by atoms with van der Waals surface area (Å²) in [5.41, 5.74) is 1.48. The molecule has 9 heteroatoms. The third-order valence-electron chi connectivity index (χ3n) is 5.04. The largest absolute Gasteiger partial charge is 0.493 e. The average molecular weight is 463 g/mol. The van der Waals surface area contributed by atoms with E-state index in [1.807, 2.05) is 13.0 Å². The van der Waals surface area contributed by atoms with Crippen LogP contribution in [0.2, 0.25) is 0 Å². The number of sulfone groups is 1. The van der Waals surface area contributed by atoms with Gasteiger partial charge in [-0.1, -0.05) is 43.7 Å². The highest BCUT2D eigenvalue weighted by Crippen LogP contribution is 2.36. The molecule has 1 heterocycles. The summed E-state index contributed by atoms with van der Waals surface area (Å²) in [6.45, 7) is 3.62. The van der Waals surface area contributed by atoms with Gasteiger partial charge >= 0.3 is 0 Å². The minimum absolute atomic E-state index is 0.0401. The van der Waals surface area contributed by atoms with Crippen LogP contribution in [-0.4, -0.2) is 39.3 Å². The highest BCUT2D eigenvalue weighted by atomic mass is 32.2. The third kappa shape index (κ3) is 4.99. The van der Waals surface area contributed by atoms with E-state index in [0.717, 1.165) is 16.7 Å². The third-order valence-corrected chi connectivity index (χ3v) is 7.72. The molecule has 0 spiro atoms. The number of aromatic nitrogens is 1. The Hall–Kier alpha value is -2.65. The molecule has 0 bridgehead atoms. The van der Waals surface area contributed by atoms with Gasteiger partial charge in [0, 0.05) is 12.1 Å². The number of thiazole rings is 1. The molecule has 0 radical (unpaired) electrons. The molecule has 0 saturated heterocycles. The molecular formula is C22H26N2O5S2. The first kappa shape index (κ1) is 23.0. The molecule has 0 aliphatic rings. The van der Waals surface area contributed by atoms with Gasteiger partial charge in [0.15, 0.2) is 26.5 Å². The minimum atomic E-state index is -3.28. The number of hydrogen-bond acceptors (Lipinski definition) is 7. The van der Waals surface area contributed by atoms with Gasteiger partial charge in [-0.2, -0.15) is 0 Å². The van der Waals surface area contributed by atoms with Gasteiger partial charge in [-0.3, -0.25) is 4.79 Å². The van der Waals surface area contributed by atoms with Gasteiger partial charge in [-0.05, 0) is 24.1 Å². The van der Waals surface area contributed by atoms with E-state index in [4.69, 9.17) is 9.47 Å². The highest BCUT2D eigenvalue weighted by Gasteiger charge is 2.22. The van der Waals surface area contributed by atoms with E-state index >= 15 is 0 Å². The van der Waals surface area contributed by atoms with Crippen molar-refractivity contribution in [2.75, 3.05) is 25.3 Å². The van der Waals surface area contributed by atoms with Crippen molar-refractivity contribution < 1.29 is 22.7 Å². The molecule has 3 rings (SSSR count). The van der Waals surface area contributed by atoms with Crippen molar-refractivity contribution in [3.63, 3.8) is 0 Å². The normalized spacial score (nSPS) is 12.5. The van der Waals surface area contributed by atoms with Gasteiger partial charge in [-0.25, -0.2) is 13.4 Å². The Morgan fingerprint density at radius 1 is 1.10 bits per heavy atom. The predicted octanol–water partition coefficient (Wildman–Crippen LogP) is 4.63. The summed E-state index contributed by atoms with van der Waals surface area (Å²) < 4.78 is 35.6. The molecule has 1 N–H and O–H groups in total. The molecule has 0 fully saturated rings. The Labute approximate surface area is 186 Å². The lowest BCUT2D eigenvalue weighted by Crippen LogP contribution is -2.21. The van der Waals surface area contributed by atoms with Crippen LogP contribution in [0.25, 0.3) is 10.2 Å². The van der Waals surface area contributed by atoms with Crippen molar-refractivity contribution in [2.24, 2.45) is 0 Å². The zero-order valence-electron chi connectivity index (χ0n) is 18.0. The molecule has 1 unspecified atom stereocenters. The lowest BCUT2D eigenvalue weighted by molar-refractivity contribution is -0.117. The van der Waals surface area contributed by atoms with Gasteiger partial charge < -0.3 is 14.8 Å². The van der Waals surface area contributed by atoms with Crippen molar-refractivity contribution in [2.45, 2.75) is 37.5 Å². The number of ether oxygens (including phenoxy) is 2. The number of carbonyl (C=O) groups is 1. The maximum atomic E-state index is 13.1. The van der Waals surface area contributed by atoms with Crippen LogP contribution in [0, 0.1) is 0 Å². The molecule has 7 nitrogen and oxygen atoms in total. The SMILES string of the molecule is CCCC(C(=O)Nc1nc2cc(OC)c(OC)cc2s1)c1ccc(S(=O)(=O)CC)cc1. The molecule has 0 aliphatic carbocycles. The summed E-state index contributed by atoms with van der Waals surface area (Å²) >= 11 is 1.36. The highest BCUT2D eigenvalue weighted by molar-refractivity contribution is 7.91. The molecular weight excluding hydrogens is 436 g/mol. The van der Waals surface area contributed by atoms with E-state index in [1.165, 1.54) is 11.3 Å². The number of nitrogens with one attached hydrogen (secondary N) is 1. The van der Waals surface area contributed by atoms with E-state index < -0.39 is 15.8 Å². The lowest BCUT2D eigenvalue weighted by atomic mass is 9.94. The Morgan fingerprint density at radius 2 is 1.74 bits per heavy atom. The van der Waals surface area contributed by atoms with E-state index in [1.54, 1.807) is 51.5 Å². The Bertz CT molecular complexity index is 1130. The zero-order valence-corrected chi connectivity index (χ0v) is 19.6. The topological polar surface area (TPSA) is 94.6 Å². The number of carbonyl (C=O) groups excluding carboxylic acids is 1. The fourth-order valence-corrected chi connectivity index (χ4v) is 5.08. The van der Waals surface area contributed by atoms with Crippen LogP contribution in [0.15, 0.2) is 41.3 Å². The van der Waals surface area contributed by atoms with Crippen LogP contribution in [-0.2, 0) is 14.6 Å². The van der Waals surface area contributed by atoms with Crippen LogP contribution in [0.5, 0.6) is 11.5 Å². The molecule has 1 atom stereocenters. The number of anilines is 1. The Balaban J connectivity index is 1.85. The quantitative estimate of drug-likeness (QED) is 0.498. The molecule has 31 heavy (non-hydrogen) atoms. The van der Waals surface area contributed by atoms with Crippen LogP contribution in [0.3, 0.4) is 0 Å². The first-order valence-electron chi connectivity index (χ1n) is 9.99. The van der Waals surface area contributed by atoms with Gasteiger partial charge in [0.1, 0.15) is 0 Å². The second-order valence-corrected chi connectivity index (χ2v) is 10.3. The number of rotatable bonds is 9. The molecule has 0 saturated carbocycles. The lowest BCUT2D eigenvalue weighted by Gasteiger charge is -2.16. The first-order chi connectivity index (χ1) is 14.8. The Kier molecular flexibility index (Phi) is 7.17. The van der Waals surface area contributed by atoms with Crippen molar-refractivity contribution in [3.8, 4) is 11.5 Å². The summed E-state index contributed by atoms with van der Waals surface area (Å²) in [4.78, 5) is 17.8. The second kappa shape index (κ2) is 9.65. The monoisotopic (exact) mass is 462 g/mol. The van der Waals surface area contributed by atoms with Crippen molar-refractivity contribution in [1.82, 2.24) is 4.98 Å². The van der Waals surface area contributed by atoms with Gasteiger partial charge in [-0.15, -0.1) is 0 Å². The van der Waals surface area contributed by atoms with E-state index in [9.17, 15) is 13.2 Å². The van der Waals surface area contributed by atoms with Crippen LogP contribution in [0.1, 0.15) is 38.2 Å². The molecule has 1 aromatic heterocycles. The van der Waals surface area contributed by atoms with E-state index in [0.29, 0.717) is 28.6 Å². The van der Waals surface area contributed by atoms with E-state index in [2.05, 4.69) is 10.3 Å². The first-order valence-corrected chi connectivity index (χ1v) is 12.5. The van der Waals surface area contributed by atoms with Crippen LogP contribution < -0.4 is 14.8 Å². The van der Waals surface area contributed by atoms with Crippen LogP contribution >= 0.6 is 11.3 Å². The standard InChI is InChI=1S/C22H26N2O5S2/c1-5-7-16(14-8-10-15(11-9-14)31(26,27)6-2)21(25)24-22-23-17-12-18(28-3)19(29-4)13-20(17)30-22/h8-13,16H,5-7H2,1-4H3,(H,23,24,25). The number of hydrogen-bond donors (Lipinski definition) is 1.